The average Bonchev–Trinajstić information content (AvgIpc) is 2.47. The first-order valence-electron chi connectivity index (χ1n) is 4.00. The minimum atomic E-state index is 0.432. The lowest BCUT2D eigenvalue weighted by Gasteiger charge is -1.97. The van der Waals surface area contributed by atoms with Gasteiger partial charge in [-0.25, -0.2) is 15.0 Å². The Hall–Kier alpha value is -1.69. The molecule has 0 atom stereocenters. The highest BCUT2D eigenvalue weighted by atomic mass is 32.1. The van der Waals surface area contributed by atoms with Crippen LogP contribution >= 0.6 is 11.3 Å². The van der Waals surface area contributed by atoms with Crippen molar-refractivity contribution in [2.75, 3.05) is 11.5 Å². The van der Waals surface area contributed by atoms with Crippen molar-refractivity contribution >= 4 is 32.6 Å². The van der Waals surface area contributed by atoms with Crippen molar-refractivity contribution in [3.63, 3.8) is 0 Å². The number of thiazole rings is 1. The first kappa shape index (κ1) is 8.89. The van der Waals surface area contributed by atoms with Crippen LogP contribution in [0.15, 0.2) is 12.7 Å². The Morgan fingerprint density at radius 3 is 2.79 bits per heavy atom. The van der Waals surface area contributed by atoms with Gasteiger partial charge in [-0.05, 0) is 0 Å². The molecule has 2 aromatic rings. The molecule has 0 saturated carbocycles. The summed E-state index contributed by atoms with van der Waals surface area (Å²) in [6.45, 7) is 3.61. The first-order valence-corrected chi connectivity index (χ1v) is 4.81. The van der Waals surface area contributed by atoms with Crippen molar-refractivity contribution in [3.05, 3.63) is 18.5 Å². The summed E-state index contributed by atoms with van der Waals surface area (Å²) in [4.78, 5) is 12.4. The van der Waals surface area contributed by atoms with Crippen LogP contribution in [0.4, 0.5) is 10.9 Å². The molecule has 0 bridgehead atoms. The van der Waals surface area contributed by atoms with Crippen LogP contribution in [0.2, 0.25) is 0 Å². The fraction of sp³-hybridized carbons (Fsp3) is 0.125. The number of aromatic nitrogens is 3. The summed E-state index contributed by atoms with van der Waals surface area (Å²) in [5.74, 6) is 1.05. The van der Waals surface area contributed by atoms with E-state index in [4.69, 9.17) is 11.5 Å². The van der Waals surface area contributed by atoms with Crippen LogP contribution in [0.25, 0.3) is 10.3 Å². The van der Waals surface area contributed by atoms with E-state index in [2.05, 4.69) is 21.5 Å². The van der Waals surface area contributed by atoms with E-state index in [-0.39, 0.29) is 0 Å². The molecule has 2 heterocycles. The minimum absolute atomic E-state index is 0.432. The SMILES string of the molecule is C=CCc1nc(N)c2sc(N)nc2n1. The summed E-state index contributed by atoms with van der Waals surface area (Å²) in [6, 6.07) is 0. The van der Waals surface area contributed by atoms with E-state index < -0.39 is 0 Å². The normalized spacial score (nSPS) is 10.6. The van der Waals surface area contributed by atoms with Gasteiger partial charge in [-0.15, -0.1) is 6.58 Å². The number of rotatable bonds is 2. The maximum atomic E-state index is 5.73. The van der Waals surface area contributed by atoms with E-state index in [1.54, 1.807) is 6.08 Å². The zero-order valence-corrected chi connectivity index (χ0v) is 8.21. The van der Waals surface area contributed by atoms with Crippen LogP contribution in [0, 0.1) is 0 Å². The summed E-state index contributed by atoms with van der Waals surface area (Å²) in [7, 11) is 0. The molecule has 0 fully saturated rings. The first-order chi connectivity index (χ1) is 6.70. The Kier molecular flexibility index (Phi) is 2.05. The molecule has 0 aliphatic rings. The second-order valence-electron chi connectivity index (χ2n) is 2.72. The van der Waals surface area contributed by atoms with Crippen LogP contribution in [0.5, 0.6) is 0 Å². The maximum Gasteiger partial charge on any atom is 0.182 e. The molecular formula is C8H9N5S. The number of anilines is 2. The molecule has 2 rings (SSSR count). The topological polar surface area (TPSA) is 90.7 Å². The quantitative estimate of drug-likeness (QED) is 0.716. The maximum absolute atomic E-state index is 5.73. The lowest BCUT2D eigenvalue weighted by atomic mass is 10.4. The Bertz CT molecular complexity index is 490. The minimum Gasteiger partial charge on any atom is -0.382 e. The summed E-state index contributed by atoms with van der Waals surface area (Å²) in [6.07, 6.45) is 2.30. The molecule has 0 spiro atoms. The van der Waals surface area contributed by atoms with Crippen molar-refractivity contribution in [2.45, 2.75) is 6.42 Å². The van der Waals surface area contributed by atoms with Gasteiger partial charge < -0.3 is 11.5 Å². The predicted molar refractivity (Wildman–Crippen MR) is 57.9 cm³/mol. The van der Waals surface area contributed by atoms with Crippen molar-refractivity contribution in [1.29, 1.82) is 0 Å². The summed E-state index contributed by atoms with van der Waals surface area (Å²) < 4.78 is 0.746. The molecule has 0 saturated heterocycles. The van der Waals surface area contributed by atoms with Crippen LogP contribution in [-0.4, -0.2) is 15.0 Å². The van der Waals surface area contributed by atoms with Crippen molar-refractivity contribution in [1.82, 2.24) is 15.0 Å². The molecule has 0 aromatic carbocycles. The van der Waals surface area contributed by atoms with Crippen molar-refractivity contribution in [3.8, 4) is 0 Å². The molecule has 4 N–H and O–H groups in total. The van der Waals surface area contributed by atoms with Gasteiger partial charge in [0.2, 0.25) is 0 Å². The van der Waals surface area contributed by atoms with E-state index in [1.165, 1.54) is 11.3 Å². The van der Waals surface area contributed by atoms with Crippen LogP contribution in [-0.2, 0) is 6.42 Å². The molecule has 14 heavy (non-hydrogen) atoms. The third kappa shape index (κ3) is 1.39. The molecule has 0 aliphatic carbocycles. The van der Waals surface area contributed by atoms with E-state index in [0.29, 0.717) is 28.8 Å². The van der Waals surface area contributed by atoms with Gasteiger partial charge in [-0.1, -0.05) is 17.4 Å². The molecule has 5 nitrogen and oxygen atoms in total. The molecule has 0 amide bonds. The summed E-state index contributed by atoms with van der Waals surface area (Å²) in [5, 5.41) is 0.455. The highest BCUT2D eigenvalue weighted by Gasteiger charge is 2.08. The van der Waals surface area contributed by atoms with Gasteiger partial charge in [0, 0.05) is 6.42 Å². The second kappa shape index (κ2) is 3.22. The van der Waals surface area contributed by atoms with Crippen LogP contribution in [0.1, 0.15) is 5.82 Å². The molecule has 0 aliphatic heterocycles. The van der Waals surface area contributed by atoms with Gasteiger partial charge in [0.25, 0.3) is 0 Å². The Morgan fingerprint density at radius 1 is 1.29 bits per heavy atom. The molecule has 72 valence electrons. The lowest BCUT2D eigenvalue weighted by Crippen LogP contribution is -1.98. The van der Waals surface area contributed by atoms with Gasteiger partial charge in [0.1, 0.15) is 16.3 Å². The van der Waals surface area contributed by atoms with E-state index in [9.17, 15) is 0 Å². The van der Waals surface area contributed by atoms with Gasteiger partial charge >= 0.3 is 0 Å². The third-order valence-electron chi connectivity index (χ3n) is 1.67. The fourth-order valence-corrected chi connectivity index (χ4v) is 1.80. The van der Waals surface area contributed by atoms with Crippen LogP contribution in [0.3, 0.4) is 0 Å². The second-order valence-corrected chi connectivity index (χ2v) is 3.75. The largest absolute Gasteiger partial charge is 0.382 e. The zero-order valence-electron chi connectivity index (χ0n) is 7.40. The standard InChI is InChI=1S/C8H9N5S/c1-2-3-4-11-6(9)5-7(12-4)13-8(10)14-5/h2H,1,3H2,(H4,9,10,11,12,13). The Morgan fingerprint density at radius 2 is 2.07 bits per heavy atom. The number of nitrogen functional groups attached to an aromatic ring is 2. The number of nitrogens with two attached hydrogens (primary N) is 2. The summed E-state index contributed by atoms with van der Waals surface area (Å²) >= 11 is 1.30. The number of hydrogen-bond donors (Lipinski definition) is 2. The average molecular weight is 207 g/mol. The van der Waals surface area contributed by atoms with Gasteiger partial charge in [-0.2, -0.15) is 0 Å². The molecule has 6 heteroatoms. The predicted octanol–water partition coefficient (Wildman–Crippen LogP) is 0.979. The molecule has 2 aromatic heterocycles. The highest BCUT2D eigenvalue weighted by molar-refractivity contribution is 7.22. The summed E-state index contributed by atoms with van der Waals surface area (Å²) in [5.41, 5.74) is 11.8. The fourth-order valence-electron chi connectivity index (χ4n) is 1.13. The smallest absolute Gasteiger partial charge is 0.182 e. The number of nitrogens with zero attached hydrogens (tertiary/aromatic N) is 3. The van der Waals surface area contributed by atoms with E-state index in [0.717, 1.165) is 4.70 Å². The van der Waals surface area contributed by atoms with Crippen molar-refractivity contribution < 1.29 is 0 Å². The Balaban J connectivity index is 2.64. The van der Waals surface area contributed by atoms with Gasteiger partial charge in [0.05, 0.1) is 0 Å². The zero-order chi connectivity index (χ0) is 10.1. The lowest BCUT2D eigenvalue weighted by molar-refractivity contribution is 1.02. The van der Waals surface area contributed by atoms with E-state index in [1.807, 2.05) is 0 Å². The van der Waals surface area contributed by atoms with Crippen molar-refractivity contribution in [2.24, 2.45) is 0 Å². The number of hydrogen-bond acceptors (Lipinski definition) is 6. The third-order valence-corrected chi connectivity index (χ3v) is 2.57. The number of allylic oxidation sites excluding steroid dienone is 1. The van der Waals surface area contributed by atoms with Gasteiger partial charge in [-0.3, -0.25) is 0 Å². The number of fused-ring (bicyclic) bond motifs is 1. The molecular weight excluding hydrogens is 198 g/mol. The Labute approximate surface area is 84.5 Å². The van der Waals surface area contributed by atoms with E-state index >= 15 is 0 Å². The monoisotopic (exact) mass is 207 g/mol. The highest BCUT2D eigenvalue weighted by Crippen LogP contribution is 2.26. The van der Waals surface area contributed by atoms with Crippen LogP contribution < -0.4 is 11.5 Å². The van der Waals surface area contributed by atoms with Gasteiger partial charge in [0.15, 0.2) is 10.8 Å². The molecule has 0 radical (unpaired) electrons. The molecule has 0 unspecified atom stereocenters.